The fourth-order valence-electron chi connectivity index (χ4n) is 1.96. The summed E-state index contributed by atoms with van der Waals surface area (Å²) in [7, 11) is 1.23. The summed E-state index contributed by atoms with van der Waals surface area (Å²) in [6.07, 6.45) is 1.98. The van der Waals surface area contributed by atoms with Crippen molar-refractivity contribution in [2.75, 3.05) is 7.11 Å². The van der Waals surface area contributed by atoms with Crippen molar-refractivity contribution in [3.63, 3.8) is 0 Å². The fraction of sp³-hybridized carbons (Fsp3) is 0.545. The van der Waals surface area contributed by atoms with Gasteiger partial charge in [-0.05, 0) is 6.92 Å². The predicted molar refractivity (Wildman–Crippen MR) is 59.8 cm³/mol. The van der Waals surface area contributed by atoms with Gasteiger partial charge in [0.05, 0.1) is 19.1 Å². The van der Waals surface area contributed by atoms with Crippen LogP contribution in [0.2, 0.25) is 0 Å². The number of allylic oxidation sites excluding steroid dienone is 2. The first-order chi connectivity index (χ1) is 7.90. The molecule has 0 spiro atoms. The molecule has 0 aliphatic heterocycles. The van der Waals surface area contributed by atoms with Gasteiger partial charge in [0, 0.05) is 16.1 Å². The van der Waals surface area contributed by atoms with E-state index in [0.29, 0.717) is 5.57 Å². The standard InChI is InChI=1S/C11H15NO5/c1-6-8(11(14)17-3)4-5-9(7(2)13)10(6)12(15)16/h4-7,10,13H,1-3H3/t6?,7?,10-/m0/s1. The highest BCUT2D eigenvalue weighted by Crippen LogP contribution is 2.30. The van der Waals surface area contributed by atoms with Crippen molar-refractivity contribution < 1.29 is 19.6 Å². The molecule has 1 N–H and O–H groups in total. The first-order valence-electron chi connectivity index (χ1n) is 5.21. The maximum absolute atomic E-state index is 11.4. The maximum Gasteiger partial charge on any atom is 0.334 e. The van der Waals surface area contributed by atoms with Gasteiger partial charge in [-0.3, -0.25) is 10.1 Å². The molecular weight excluding hydrogens is 226 g/mol. The number of hydrogen-bond acceptors (Lipinski definition) is 5. The van der Waals surface area contributed by atoms with E-state index in [2.05, 4.69) is 4.74 Å². The van der Waals surface area contributed by atoms with Crippen LogP contribution in [0.5, 0.6) is 0 Å². The summed E-state index contributed by atoms with van der Waals surface area (Å²) in [6.45, 7) is 3.04. The second kappa shape index (κ2) is 5.09. The average molecular weight is 241 g/mol. The van der Waals surface area contributed by atoms with Crippen LogP contribution in [0.1, 0.15) is 13.8 Å². The van der Waals surface area contributed by atoms with Gasteiger partial charge in [-0.25, -0.2) is 4.79 Å². The van der Waals surface area contributed by atoms with E-state index < -0.39 is 29.0 Å². The Bertz CT molecular complexity index is 397. The molecule has 0 aromatic carbocycles. The van der Waals surface area contributed by atoms with Crippen LogP contribution in [-0.4, -0.2) is 35.3 Å². The minimum absolute atomic E-state index is 0.249. The molecule has 1 aliphatic rings. The lowest BCUT2D eigenvalue weighted by atomic mass is 9.82. The molecule has 6 heteroatoms. The van der Waals surface area contributed by atoms with E-state index >= 15 is 0 Å². The van der Waals surface area contributed by atoms with Crippen molar-refractivity contribution in [3.8, 4) is 0 Å². The summed E-state index contributed by atoms with van der Waals surface area (Å²) in [4.78, 5) is 21.9. The Morgan fingerprint density at radius 1 is 1.59 bits per heavy atom. The van der Waals surface area contributed by atoms with Gasteiger partial charge in [-0.1, -0.05) is 19.1 Å². The molecule has 1 rings (SSSR count). The van der Waals surface area contributed by atoms with Crippen LogP contribution >= 0.6 is 0 Å². The van der Waals surface area contributed by atoms with E-state index in [4.69, 9.17) is 0 Å². The lowest BCUT2D eigenvalue weighted by Crippen LogP contribution is -2.38. The Hall–Kier alpha value is -1.69. The normalized spacial score (nSPS) is 25.6. The second-order valence-electron chi connectivity index (χ2n) is 3.98. The fourth-order valence-corrected chi connectivity index (χ4v) is 1.96. The van der Waals surface area contributed by atoms with Crippen molar-refractivity contribution in [2.24, 2.45) is 5.92 Å². The first kappa shape index (κ1) is 13.4. The number of ether oxygens (including phenoxy) is 1. The Morgan fingerprint density at radius 3 is 2.59 bits per heavy atom. The van der Waals surface area contributed by atoms with Crippen LogP contribution in [-0.2, 0) is 9.53 Å². The van der Waals surface area contributed by atoms with Gasteiger partial charge in [0.15, 0.2) is 0 Å². The molecule has 0 heterocycles. The topological polar surface area (TPSA) is 89.7 Å². The number of aliphatic hydroxyl groups is 1. The third-order valence-electron chi connectivity index (χ3n) is 2.89. The number of nitro groups is 1. The van der Waals surface area contributed by atoms with Crippen molar-refractivity contribution in [1.82, 2.24) is 0 Å². The molecule has 17 heavy (non-hydrogen) atoms. The van der Waals surface area contributed by atoms with Gasteiger partial charge in [0.1, 0.15) is 0 Å². The summed E-state index contributed by atoms with van der Waals surface area (Å²) in [6, 6.07) is -1.09. The Labute approximate surface area is 98.7 Å². The summed E-state index contributed by atoms with van der Waals surface area (Å²) in [5.41, 5.74) is 0.550. The van der Waals surface area contributed by atoms with Crippen LogP contribution < -0.4 is 0 Å². The van der Waals surface area contributed by atoms with Crippen molar-refractivity contribution >= 4 is 5.97 Å². The third-order valence-corrected chi connectivity index (χ3v) is 2.89. The van der Waals surface area contributed by atoms with Crippen molar-refractivity contribution in [3.05, 3.63) is 33.4 Å². The van der Waals surface area contributed by atoms with E-state index in [-0.39, 0.29) is 5.57 Å². The average Bonchev–Trinajstić information content (AvgIpc) is 2.26. The van der Waals surface area contributed by atoms with Crippen LogP contribution in [0.25, 0.3) is 0 Å². The van der Waals surface area contributed by atoms with Crippen LogP contribution in [0.3, 0.4) is 0 Å². The molecule has 0 radical (unpaired) electrons. The van der Waals surface area contributed by atoms with Crippen LogP contribution in [0, 0.1) is 16.0 Å². The zero-order valence-electron chi connectivity index (χ0n) is 9.91. The highest BCUT2D eigenvalue weighted by molar-refractivity contribution is 5.89. The van der Waals surface area contributed by atoms with Gasteiger partial charge < -0.3 is 9.84 Å². The van der Waals surface area contributed by atoms with Crippen LogP contribution in [0.4, 0.5) is 0 Å². The van der Waals surface area contributed by atoms with Gasteiger partial charge in [-0.2, -0.15) is 0 Å². The Balaban J connectivity index is 3.17. The number of carbonyl (C=O) groups excluding carboxylic acids is 1. The largest absolute Gasteiger partial charge is 0.466 e. The molecular formula is C11H15NO5. The van der Waals surface area contributed by atoms with E-state index in [1.54, 1.807) is 6.92 Å². The summed E-state index contributed by atoms with van der Waals surface area (Å²) >= 11 is 0. The minimum atomic E-state index is -1.09. The Kier molecular flexibility index (Phi) is 4.01. The quantitative estimate of drug-likeness (QED) is 0.446. The predicted octanol–water partition coefficient (Wildman–Crippen LogP) is 0.688. The highest BCUT2D eigenvalue weighted by atomic mass is 16.6. The number of nitrogens with zero attached hydrogens (tertiary/aromatic N) is 1. The van der Waals surface area contributed by atoms with Gasteiger partial charge in [0.2, 0.25) is 6.04 Å². The SMILES string of the molecule is COC(=O)C1=CC=C(C(C)O)[C@@H]([N+](=O)[O-])C1C. The molecule has 0 saturated carbocycles. The van der Waals surface area contributed by atoms with Gasteiger partial charge in [0.25, 0.3) is 0 Å². The molecule has 1 aliphatic carbocycles. The summed E-state index contributed by atoms with van der Waals surface area (Å²) in [5, 5.41) is 20.5. The number of aliphatic hydroxyl groups excluding tert-OH is 1. The summed E-state index contributed by atoms with van der Waals surface area (Å²) in [5.74, 6) is -1.20. The van der Waals surface area contributed by atoms with E-state index in [1.807, 2.05) is 0 Å². The lowest BCUT2D eigenvalue weighted by molar-refractivity contribution is -0.520. The minimum Gasteiger partial charge on any atom is -0.466 e. The molecule has 6 nitrogen and oxygen atoms in total. The third kappa shape index (κ3) is 2.52. The number of hydrogen-bond donors (Lipinski definition) is 1. The zero-order valence-corrected chi connectivity index (χ0v) is 9.91. The number of carbonyl (C=O) groups is 1. The zero-order chi connectivity index (χ0) is 13.2. The van der Waals surface area contributed by atoms with Crippen molar-refractivity contribution in [2.45, 2.75) is 26.0 Å². The maximum atomic E-state index is 11.4. The van der Waals surface area contributed by atoms with Crippen molar-refractivity contribution in [1.29, 1.82) is 0 Å². The molecule has 0 fully saturated rings. The molecule has 3 atom stereocenters. The summed E-state index contributed by atoms with van der Waals surface area (Å²) < 4.78 is 4.56. The monoisotopic (exact) mass is 241 g/mol. The molecule has 0 bridgehead atoms. The molecule has 0 amide bonds. The first-order valence-corrected chi connectivity index (χ1v) is 5.21. The highest BCUT2D eigenvalue weighted by Gasteiger charge is 2.40. The smallest absolute Gasteiger partial charge is 0.334 e. The van der Waals surface area contributed by atoms with E-state index in [9.17, 15) is 20.0 Å². The van der Waals surface area contributed by atoms with E-state index in [0.717, 1.165) is 0 Å². The molecule has 0 aromatic heterocycles. The number of methoxy groups -OCH3 is 1. The molecule has 0 aromatic rings. The number of esters is 1. The molecule has 94 valence electrons. The number of rotatable bonds is 3. The van der Waals surface area contributed by atoms with Gasteiger partial charge in [-0.15, -0.1) is 0 Å². The van der Waals surface area contributed by atoms with Crippen LogP contribution in [0.15, 0.2) is 23.3 Å². The lowest BCUT2D eigenvalue weighted by Gasteiger charge is -2.25. The van der Waals surface area contributed by atoms with Gasteiger partial charge >= 0.3 is 5.97 Å². The molecule has 0 saturated heterocycles. The van der Waals surface area contributed by atoms with E-state index in [1.165, 1.54) is 26.2 Å². The Morgan fingerprint density at radius 2 is 2.18 bits per heavy atom. The molecule has 2 unspecified atom stereocenters. The second-order valence-corrected chi connectivity index (χ2v) is 3.98.